The maximum absolute atomic E-state index is 12.2. The van der Waals surface area contributed by atoms with Gasteiger partial charge in [0.1, 0.15) is 0 Å². The molecule has 0 radical (unpaired) electrons. The quantitative estimate of drug-likeness (QED) is 0.580. The van der Waals surface area contributed by atoms with Crippen molar-refractivity contribution < 1.29 is 19.0 Å². The molecule has 0 saturated heterocycles. The summed E-state index contributed by atoms with van der Waals surface area (Å²) in [5.41, 5.74) is 2.90. The van der Waals surface area contributed by atoms with Crippen molar-refractivity contribution in [2.45, 2.75) is 20.3 Å². The molecule has 0 bridgehead atoms. The third kappa shape index (κ3) is 3.94. The van der Waals surface area contributed by atoms with E-state index in [-0.39, 0.29) is 5.70 Å². The zero-order valence-corrected chi connectivity index (χ0v) is 15.1. The number of carbonyl (C=O) groups is 1. The van der Waals surface area contributed by atoms with Crippen LogP contribution in [0.25, 0.3) is 6.08 Å². The van der Waals surface area contributed by atoms with Gasteiger partial charge in [-0.1, -0.05) is 30.7 Å². The number of carbonyl (C=O) groups excluding carboxylic acids is 1. The minimum atomic E-state index is -0.464. The Morgan fingerprint density at radius 1 is 1.15 bits per heavy atom. The second-order valence-corrected chi connectivity index (χ2v) is 5.96. The molecule has 0 saturated carbocycles. The van der Waals surface area contributed by atoms with Crippen LogP contribution in [0.1, 0.15) is 30.0 Å². The third-order valence-corrected chi connectivity index (χ3v) is 3.84. The lowest BCUT2D eigenvalue weighted by Crippen LogP contribution is -2.05. The van der Waals surface area contributed by atoms with Crippen molar-refractivity contribution in [2.24, 2.45) is 4.99 Å². The highest BCUT2D eigenvalue weighted by Gasteiger charge is 2.24. The fraction of sp³-hybridized carbons (Fsp3) is 0.238. The number of rotatable bonds is 6. The van der Waals surface area contributed by atoms with E-state index >= 15 is 0 Å². The van der Waals surface area contributed by atoms with Gasteiger partial charge in [-0.2, -0.15) is 0 Å². The van der Waals surface area contributed by atoms with Gasteiger partial charge in [-0.3, -0.25) is 0 Å². The Balaban J connectivity index is 1.90. The number of aliphatic imine (C=N–C) groups is 1. The van der Waals surface area contributed by atoms with Crippen LogP contribution in [-0.4, -0.2) is 25.6 Å². The van der Waals surface area contributed by atoms with E-state index < -0.39 is 5.97 Å². The first-order valence-electron chi connectivity index (χ1n) is 8.51. The highest BCUT2D eigenvalue weighted by atomic mass is 16.6. The Labute approximate surface area is 152 Å². The summed E-state index contributed by atoms with van der Waals surface area (Å²) in [5.74, 6) is 1.14. The number of aryl methyl sites for hydroxylation is 1. The molecule has 0 fully saturated rings. The van der Waals surface area contributed by atoms with Gasteiger partial charge in [-0.05, 0) is 49.2 Å². The Bertz CT molecular complexity index is 883. The number of ether oxygens (including phenoxy) is 3. The molecule has 0 N–H and O–H groups in total. The van der Waals surface area contributed by atoms with Gasteiger partial charge in [0.05, 0.1) is 13.7 Å². The largest absolute Gasteiger partial charge is 0.493 e. The molecule has 26 heavy (non-hydrogen) atoms. The highest BCUT2D eigenvalue weighted by Crippen LogP contribution is 2.30. The van der Waals surface area contributed by atoms with Crippen molar-refractivity contribution in [1.29, 1.82) is 0 Å². The van der Waals surface area contributed by atoms with Crippen molar-refractivity contribution >= 4 is 17.9 Å². The number of nitrogens with zero attached hydrogens (tertiary/aromatic N) is 1. The molecule has 0 atom stereocenters. The summed E-state index contributed by atoms with van der Waals surface area (Å²) in [6, 6.07) is 13.2. The van der Waals surface area contributed by atoms with Crippen LogP contribution in [0.3, 0.4) is 0 Å². The molecule has 134 valence electrons. The van der Waals surface area contributed by atoms with E-state index in [0.717, 1.165) is 23.1 Å². The van der Waals surface area contributed by atoms with Crippen molar-refractivity contribution in [1.82, 2.24) is 0 Å². The van der Waals surface area contributed by atoms with Crippen LogP contribution in [0.5, 0.6) is 11.5 Å². The molecule has 5 heteroatoms. The van der Waals surface area contributed by atoms with Gasteiger partial charge in [-0.25, -0.2) is 9.79 Å². The van der Waals surface area contributed by atoms with Gasteiger partial charge in [0.2, 0.25) is 5.90 Å². The van der Waals surface area contributed by atoms with E-state index in [4.69, 9.17) is 14.2 Å². The number of hydrogen-bond acceptors (Lipinski definition) is 5. The summed E-state index contributed by atoms with van der Waals surface area (Å²) < 4.78 is 16.3. The lowest BCUT2D eigenvalue weighted by Gasteiger charge is -2.10. The molecule has 3 rings (SSSR count). The fourth-order valence-electron chi connectivity index (χ4n) is 2.58. The zero-order valence-electron chi connectivity index (χ0n) is 15.1. The molecule has 0 aromatic heterocycles. The molecule has 1 aliphatic heterocycles. The Morgan fingerprint density at radius 2 is 2.00 bits per heavy atom. The summed E-state index contributed by atoms with van der Waals surface area (Å²) >= 11 is 0. The van der Waals surface area contributed by atoms with Crippen molar-refractivity contribution in [3.8, 4) is 11.5 Å². The maximum Gasteiger partial charge on any atom is 0.363 e. The first-order valence-corrected chi connectivity index (χ1v) is 8.51. The Hall–Kier alpha value is -3.08. The van der Waals surface area contributed by atoms with Gasteiger partial charge < -0.3 is 14.2 Å². The molecule has 0 spiro atoms. The lowest BCUT2D eigenvalue weighted by molar-refractivity contribution is -0.129. The predicted molar refractivity (Wildman–Crippen MR) is 101 cm³/mol. The summed E-state index contributed by atoms with van der Waals surface area (Å²) in [6.45, 7) is 4.61. The van der Waals surface area contributed by atoms with E-state index in [1.165, 1.54) is 0 Å². The fourth-order valence-corrected chi connectivity index (χ4v) is 2.58. The summed E-state index contributed by atoms with van der Waals surface area (Å²) in [6.07, 6.45) is 2.58. The van der Waals surface area contributed by atoms with E-state index in [9.17, 15) is 4.79 Å². The molecule has 0 unspecified atom stereocenters. The molecule has 0 aliphatic carbocycles. The number of hydrogen-bond donors (Lipinski definition) is 0. The van der Waals surface area contributed by atoms with Crippen LogP contribution in [0.4, 0.5) is 0 Å². The Morgan fingerprint density at radius 3 is 2.73 bits per heavy atom. The smallest absolute Gasteiger partial charge is 0.363 e. The Kier molecular flexibility index (Phi) is 5.37. The number of methoxy groups -OCH3 is 1. The topological polar surface area (TPSA) is 57.1 Å². The molecule has 1 heterocycles. The number of esters is 1. The predicted octanol–water partition coefficient (Wildman–Crippen LogP) is 4.14. The first kappa shape index (κ1) is 17.7. The summed E-state index contributed by atoms with van der Waals surface area (Å²) in [5, 5.41) is 0. The average Bonchev–Trinajstić information content (AvgIpc) is 3.01. The van der Waals surface area contributed by atoms with E-state index in [1.54, 1.807) is 13.2 Å². The van der Waals surface area contributed by atoms with Gasteiger partial charge in [0.25, 0.3) is 0 Å². The van der Waals surface area contributed by atoms with Crippen molar-refractivity contribution in [3.63, 3.8) is 0 Å². The van der Waals surface area contributed by atoms with Crippen LogP contribution in [-0.2, 0) is 9.53 Å². The van der Waals surface area contributed by atoms with E-state index in [2.05, 4.69) is 4.99 Å². The minimum absolute atomic E-state index is 0.258. The average molecular weight is 351 g/mol. The van der Waals surface area contributed by atoms with Gasteiger partial charge >= 0.3 is 5.97 Å². The lowest BCUT2D eigenvalue weighted by atomic mass is 10.1. The first-order chi connectivity index (χ1) is 12.6. The summed E-state index contributed by atoms with van der Waals surface area (Å²) in [4.78, 5) is 16.5. The molecule has 1 aliphatic rings. The van der Waals surface area contributed by atoms with Crippen molar-refractivity contribution in [3.05, 3.63) is 64.9 Å². The summed E-state index contributed by atoms with van der Waals surface area (Å²) in [7, 11) is 1.60. The third-order valence-electron chi connectivity index (χ3n) is 3.84. The molecule has 5 nitrogen and oxygen atoms in total. The van der Waals surface area contributed by atoms with Crippen LogP contribution in [0, 0.1) is 6.92 Å². The molecular weight excluding hydrogens is 330 g/mol. The highest BCUT2D eigenvalue weighted by molar-refractivity contribution is 6.12. The minimum Gasteiger partial charge on any atom is -0.493 e. The molecule has 2 aromatic carbocycles. The number of benzene rings is 2. The molecule has 2 aromatic rings. The number of cyclic esters (lactones) is 1. The van der Waals surface area contributed by atoms with Crippen LogP contribution in [0.15, 0.2) is 53.2 Å². The van der Waals surface area contributed by atoms with Crippen molar-refractivity contribution in [2.75, 3.05) is 13.7 Å². The molecular formula is C21H21NO4. The van der Waals surface area contributed by atoms with E-state index in [1.807, 2.05) is 56.3 Å². The second-order valence-electron chi connectivity index (χ2n) is 5.96. The normalized spacial score (nSPS) is 15.0. The van der Waals surface area contributed by atoms with Crippen LogP contribution < -0.4 is 9.47 Å². The SMILES string of the molecule is CCCOc1cc(/C=C2/N=C(c3cccc(C)c3)OC2=O)ccc1OC. The standard InChI is InChI=1S/C21H21NO4/c1-4-10-25-19-13-15(8-9-18(19)24-3)12-17-21(23)26-20(22-17)16-7-5-6-14(2)11-16/h5-9,11-13H,4,10H2,1-3H3/b17-12+. The maximum atomic E-state index is 12.2. The second kappa shape index (κ2) is 7.87. The monoisotopic (exact) mass is 351 g/mol. The van der Waals surface area contributed by atoms with E-state index in [0.29, 0.717) is 24.0 Å². The molecule has 0 amide bonds. The van der Waals surface area contributed by atoms with Gasteiger partial charge in [0, 0.05) is 5.56 Å². The van der Waals surface area contributed by atoms with Crippen LogP contribution >= 0.6 is 0 Å². The van der Waals surface area contributed by atoms with Gasteiger partial charge in [0.15, 0.2) is 17.2 Å². The van der Waals surface area contributed by atoms with Gasteiger partial charge in [-0.15, -0.1) is 0 Å². The zero-order chi connectivity index (χ0) is 18.5. The van der Waals surface area contributed by atoms with Crippen LogP contribution in [0.2, 0.25) is 0 Å².